The summed E-state index contributed by atoms with van der Waals surface area (Å²) in [6.07, 6.45) is 0. The zero-order chi connectivity index (χ0) is 9.78. The first kappa shape index (κ1) is 11.4. The Bertz CT molecular complexity index is 200. The van der Waals surface area contributed by atoms with Gasteiger partial charge < -0.3 is 4.43 Å². The van der Waals surface area contributed by atoms with E-state index < -0.39 is 8.32 Å². The topological polar surface area (TPSA) is 34.0 Å². The minimum Gasteiger partial charge on any atom is -0.534 e. The summed E-state index contributed by atoms with van der Waals surface area (Å²) < 4.78 is 5.57. The van der Waals surface area contributed by atoms with Crippen molar-refractivity contribution in [1.82, 2.24) is 0 Å². The van der Waals surface area contributed by atoms with Gasteiger partial charge >= 0.3 is 0 Å². The van der Waals surface area contributed by atoms with Gasteiger partial charge in [-0.15, -0.1) is 5.10 Å². The fraction of sp³-hybridized carbons (Fsp3) is 0.750. The van der Waals surface area contributed by atoms with E-state index in [4.69, 9.17) is 4.43 Å². The molecule has 12 heavy (non-hydrogen) atoms. The molecule has 0 saturated carbocycles. The maximum absolute atomic E-state index is 5.57. The first-order valence-electron chi connectivity index (χ1n) is 4.06. The highest BCUT2D eigenvalue weighted by Gasteiger charge is 2.16. The molecule has 0 aromatic heterocycles. The molecule has 0 fully saturated rings. The molecular weight excluding hydrogens is 168 g/mol. The van der Waals surface area contributed by atoms with Crippen LogP contribution in [-0.4, -0.2) is 19.9 Å². The van der Waals surface area contributed by atoms with Crippen molar-refractivity contribution in [3.63, 3.8) is 0 Å². The molecule has 0 saturated heterocycles. The Morgan fingerprint density at radius 1 is 1.00 bits per heavy atom. The number of nitrogens with zero attached hydrogens (tertiary/aromatic N) is 2. The van der Waals surface area contributed by atoms with E-state index in [1.165, 1.54) is 0 Å². The molecule has 3 nitrogen and oxygen atoms in total. The molecule has 0 aromatic carbocycles. The first-order chi connectivity index (χ1) is 5.31. The van der Waals surface area contributed by atoms with Crippen LogP contribution >= 0.6 is 0 Å². The number of hydrogen-bond acceptors (Lipinski definition) is 3. The quantitative estimate of drug-likeness (QED) is 0.282. The van der Waals surface area contributed by atoms with Gasteiger partial charge in [-0.1, -0.05) is 0 Å². The van der Waals surface area contributed by atoms with Crippen LogP contribution in [0.3, 0.4) is 0 Å². The third kappa shape index (κ3) is 7.46. The minimum absolute atomic E-state index is 0.662. The summed E-state index contributed by atoms with van der Waals surface area (Å²) in [5.41, 5.74) is 0.938. The van der Waals surface area contributed by atoms with Gasteiger partial charge in [-0.05, 0) is 33.5 Å². The molecule has 0 aliphatic carbocycles. The molecule has 0 unspecified atom stereocenters. The fourth-order valence-electron chi connectivity index (χ4n) is 0.634. The molecule has 0 spiro atoms. The molecule has 0 aliphatic rings. The van der Waals surface area contributed by atoms with Gasteiger partial charge in [0.25, 0.3) is 0 Å². The van der Waals surface area contributed by atoms with Crippen molar-refractivity contribution in [3.05, 3.63) is 0 Å². The van der Waals surface area contributed by atoms with Crippen LogP contribution in [0.5, 0.6) is 0 Å². The lowest BCUT2D eigenvalue weighted by Crippen LogP contribution is -2.27. The van der Waals surface area contributed by atoms with Crippen LogP contribution in [0.2, 0.25) is 19.6 Å². The molecule has 0 atom stereocenters. The van der Waals surface area contributed by atoms with Gasteiger partial charge in [0.1, 0.15) is 0 Å². The van der Waals surface area contributed by atoms with Gasteiger partial charge in [-0.2, -0.15) is 5.10 Å². The lowest BCUT2D eigenvalue weighted by atomic mass is 10.5. The maximum atomic E-state index is 5.57. The van der Waals surface area contributed by atoms with E-state index in [1.807, 2.05) is 20.8 Å². The molecule has 0 bridgehead atoms. The van der Waals surface area contributed by atoms with E-state index >= 15 is 0 Å². The third-order valence-corrected chi connectivity index (χ3v) is 1.75. The van der Waals surface area contributed by atoms with Crippen LogP contribution < -0.4 is 0 Å². The summed E-state index contributed by atoms with van der Waals surface area (Å²) >= 11 is 0. The first-order valence-corrected chi connectivity index (χ1v) is 7.46. The molecule has 0 aromatic rings. The van der Waals surface area contributed by atoms with Crippen LogP contribution in [0.25, 0.3) is 0 Å². The Morgan fingerprint density at radius 2 is 1.50 bits per heavy atom. The summed E-state index contributed by atoms with van der Waals surface area (Å²) in [5.74, 6) is 0.662. The largest absolute Gasteiger partial charge is 0.534 e. The summed E-state index contributed by atoms with van der Waals surface area (Å²) in [7, 11) is -1.49. The van der Waals surface area contributed by atoms with Gasteiger partial charge in [0, 0.05) is 12.6 Å². The van der Waals surface area contributed by atoms with Gasteiger partial charge in [0.05, 0.1) is 0 Å². The number of rotatable bonds is 2. The molecule has 0 N–H and O–H groups in total. The average Bonchev–Trinajstić information content (AvgIpc) is 1.79. The molecular formula is C8H18N2OSi. The van der Waals surface area contributed by atoms with Crippen molar-refractivity contribution < 1.29 is 4.43 Å². The molecule has 4 heteroatoms. The van der Waals surface area contributed by atoms with E-state index in [2.05, 4.69) is 29.8 Å². The van der Waals surface area contributed by atoms with E-state index in [0.717, 1.165) is 5.71 Å². The van der Waals surface area contributed by atoms with Crippen molar-refractivity contribution in [1.29, 1.82) is 0 Å². The number of hydrogen-bond donors (Lipinski definition) is 0. The van der Waals surface area contributed by atoms with E-state index in [0.29, 0.717) is 5.90 Å². The van der Waals surface area contributed by atoms with Crippen LogP contribution in [0, 0.1) is 0 Å². The smallest absolute Gasteiger partial charge is 0.243 e. The molecule has 0 amide bonds. The molecule has 0 aliphatic heterocycles. The fourth-order valence-corrected chi connectivity index (χ4v) is 1.56. The predicted molar refractivity (Wildman–Crippen MR) is 56.3 cm³/mol. The van der Waals surface area contributed by atoms with Crippen molar-refractivity contribution in [2.45, 2.75) is 40.4 Å². The van der Waals surface area contributed by atoms with Crippen molar-refractivity contribution in [2.24, 2.45) is 10.2 Å². The van der Waals surface area contributed by atoms with Gasteiger partial charge in [-0.3, -0.25) is 0 Å². The Morgan fingerprint density at radius 3 is 1.83 bits per heavy atom. The Kier molecular flexibility index (Phi) is 4.16. The highest BCUT2D eigenvalue weighted by atomic mass is 28.4. The average molecular weight is 186 g/mol. The van der Waals surface area contributed by atoms with E-state index in [1.54, 1.807) is 0 Å². The van der Waals surface area contributed by atoms with Crippen LogP contribution in [0.15, 0.2) is 10.2 Å². The van der Waals surface area contributed by atoms with Crippen molar-refractivity contribution in [3.8, 4) is 0 Å². The normalized spacial score (nSPS) is 12.7. The lowest BCUT2D eigenvalue weighted by Gasteiger charge is -2.17. The summed E-state index contributed by atoms with van der Waals surface area (Å²) in [6.45, 7) is 12.0. The predicted octanol–water partition coefficient (Wildman–Crippen LogP) is 2.65. The maximum Gasteiger partial charge on any atom is 0.243 e. The second-order valence-electron chi connectivity index (χ2n) is 3.88. The zero-order valence-corrected chi connectivity index (χ0v) is 9.80. The van der Waals surface area contributed by atoms with Crippen LogP contribution in [-0.2, 0) is 4.43 Å². The standard InChI is InChI=1S/C8H18N2OSi/c1-7(2)9-10-8(3)11-12(4,5)6/h1-6H3/b10-8+. The van der Waals surface area contributed by atoms with Gasteiger partial charge in [-0.25, -0.2) is 0 Å². The van der Waals surface area contributed by atoms with E-state index in [-0.39, 0.29) is 0 Å². The Balaban J connectivity index is 4.13. The van der Waals surface area contributed by atoms with Gasteiger partial charge in [0.15, 0.2) is 5.90 Å². The monoisotopic (exact) mass is 186 g/mol. The van der Waals surface area contributed by atoms with Crippen LogP contribution in [0.1, 0.15) is 20.8 Å². The van der Waals surface area contributed by atoms with Gasteiger partial charge in [0.2, 0.25) is 8.32 Å². The minimum atomic E-state index is -1.49. The Hall–Kier alpha value is -0.643. The highest BCUT2D eigenvalue weighted by Crippen LogP contribution is 2.03. The molecule has 0 heterocycles. The SMILES string of the molecule is CC(C)=N/N=C(\C)O[Si](C)(C)C. The second kappa shape index (κ2) is 4.40. The second-order valence-corrected chi connectivity index (χ2v) is 8.31. The Labute approximate surface area is 75.7 Å². The zero-order valence-electron chi connectivity index (χ0n) is 8.80. The summed E-state index contributed by atoms with van der Waals surface area (Å²) in [6, 6.07) is 0. The van der Waals surface area contributed by atoms with Crippen molar-refractivity contribution in [2.75, 3.05) is 0 Å². The molecule has 70 valence electrons. The molecule has 0 radical (unpaired) electrons. The summed E-state index contributed by atoms with van der Waals surface area (Å²) in [4.78, 5) is 0. The van der Waals surface area contributed by atoms with Crippen LogP contribution in [0.4, 0.5) is 0 Å². The molecule has 0 rings (SSSR count). The lowest BCUT2D eigenvalue weighted by molar-refractivity contribution is 0.544. The highest BCUT2D eigenvalue weighted by molar-refractivity contribution is 6.71. The van der Waals surface area contributed by atoms with Crippen molar-refractivity contribution >= 4 is 19.9 Å². The van der Waals surface area contributed by atoms with E-state index in [9.17, 15) is 0 Å². The summed E-state index contributed by atoms with van der Waals surface area (Å²) in [5, 5.41) is 7.84. The third-order valence-electron chi connectivity index (χ3n) is 0.845.